The lowest BCUT2D eigenvalue weighted by molar-refractivity contribution is -0.137. The molecule has 1 nitrogen and oxygen atoms in total. The molecule has 0 heterocycles. The van der Waals surface area contributed by atoms with Gasteiger partial charge in [-0.2, -0.15) is 13.2 Å². The molecule has 18 heavy (non-hydrogen) atoms. The predicted molar refractivity (Wildman–Crippen MR) is 60.5 cm³/mol. The Balaban J connectivity index is 2.33. The average Bonchev–Trinajstić information content (AvgIpc) is 2.78. The third-order valence-corrected chi connectivity index (χ3v) is 3.97. The molecule has 0 spiro atoms. The number of hydrogen-bond acceptors (Lipinski definition) is 1. The van der Waals surface area contributed by atoms with Gasteiger partial charge in [-0.1, -0.05) is 19.9 Å². The highest BCUT2D eigenvalue weighted by Gasteiger charge is 2.58. The first-order valence-electron chi connectivity index (χ1n) is 5.76. The van der Waals surface area contributed by atoms with E-state index in [1.54, 1.807) is 0 Å². The zero-order valence-corrected chi connectivity index (χ0v) is 10.2. The minimum atomic E-state index is -4.51. The highest BCUT2D eigenvalue weighted by atomic mass is 19.4. The van der Waals surface area contributed by atoms with Crippen molar-refractivity contribution >= 4 is 0 Å². The minimum absolute atomic E-state index is 0.0928. The third-order valence-electron chi connectivity index (χ3n) is 3.97. The molecule has 2 atom stereocenters. The number of alkyl halides is 3. The Hall–Kier alpha value is -1.10. The van der Waals surface area contributed by atoms with Gasteiger partial charge >= 0.3 is 6.18 Å². The lowest BCUT2D eigenvalue weighted by atomic mass is 10.0. The van der Waals surface area contributed by atoms with Crippen molar-refractivity contribution in [1.29, 1.82) is 0 Å². The van der Waals surface area contributed by atoms with Gasteiger partial charge < -0.3 is 5.73 Å². The maximum absolute atomic E-state index is 13.8. The fourth-order valence-corrected chi connectivity index (χ4v) is 2.76. The van der Waals surface area contributed by atoms with Gasteiger partial charge in [0.1, 0.15) is 5.82 Å². The normalized spacial score (nSPS) is 26.2. The summed E-state index contributed by atoms with van der Waals surface area (Å²) in [6, 6.07) is 2.73. The Kier molecular flexibility index (Phi) is 2.93. The summed E-state index contributed by atoms with van der Waals surface area (Å²) in [5, 5.41) is 0. The van der Waals surface area contributed by atoms with E-state index in [-0.39, 0.29) is 17.3 Å². The Bertz CT molecular complexity index is 465. The standard InChI is InChI=1S/C13H15F4N/c1-12(2)9(6-18)11(12)8-4-3-7(5-10(8)14)13(15,16)17/h3-5,9,11H,6,18H2,1-2H3/t9-,11-/m1/s1. The second-order valence-electron chi connectivity index (χ2n) is 5.38. The van der Waals surface area contributed by atoms with Crippen molar-refractivity contribution in [2.24, 2.45) is 17.1 Å². The van der Waals surface area contributed by atoms with E-state index in [0.29, 0.717) is 18.2 Å². The number of rotatable bonds is 2. The van der Waals surface area contributed by atoms with E-state index in [2.05, 4.69) is 0 Å². The molecular formula is C13H15F4N. The van der Waals surface area contributed by atoms with Crippen molar-refractivity contribution in [3.63, 3.8) is 0 Å². The Morgan fingerprint density at radius 2 is 1.89 bits per heavy atom. The minimum Gasteiger partial charge on any atom is -0.330 e. The first kappa shape index (κ1) is 13.3. The summed E-state index contributed by atoms with van der Waals surface area (Å²) >= 11 is 0. The highest BCUT2D eigenvalue weighted by molar-refractivity contribution is 5.36. The molecular weight excluding hydrogens is 246 g/mol. The van der Waals surface area contributed by atoms with Gasteiger partial charge in [0.2, 0.25) is 0 Å². The molecule has 0 radical (unpaired) electrons. The number of halogens is 4. The maximum Gasteiger partial charge on any atom is 0.416 e. The lowest BCUT2D eigenvalue weighted by Crippen LogP contribution is -2.07. The molecule has 1 aromatic carbocycles. The highest BCUT2D eigenvalue weighted by Crippen LogP contribution is 2.64. The van der Waals surface area contributed by atoms with Crippen molar-refractivity contribution in [2.75, 3.05) is 6.54 Å². The molecule has 5 heteroatoms. The van der Waals surface area contributed by atoms with Crippen molar-refractivity contribution in [3.8, 4) is 0 Å². The van der Waals surface area contributed by atoms with Crippen molar-refractivity contribution in [3.05, 3.63) is 35.1 Å². The molecule has 1 aromatic rings. The van der Waals surface area contributed by atoms with E-state index in [4.69, 9.17) is 5.73 Å². The Labute approximate surface area is 103 Å². The molecule has 0 unspecified atom stereocenters. The third kappa shape index (κ3) is 2.00. The quantitative estimate of drug-likeness (QED) is 0.809. The molecule has 2 N–H and O–H groups in total. The molecule has 0 aromatic heterocycles. The molecule has 2 rings (SSSR count). The summed E-state index contributed by atoms with van der Waals surface area (Å²) in [4.78, 5) is 0. The Morgan fingerprint density at radius 1 is 1.28 bits per heavy atom. The predicted octanol–water partition coefficient (Wildman–Crippen LogP) is 3.54. The van der Waals surface area contributed by atoms with Crippen LogP contribution in [-0.2, 0) is 6.18 Å². The topological polar surface area (TPSA) is 26.0 Å². The van der Waals surface area contributed by atoms with Gasteiger partial charge in [-0.15, -0.1) is 0 Å². The summed E-state index contributed by atoms with van der Waals surface area (Å²) in [5.74, 6) is -0.757. The van der Waals surface area contributed by atoms with Crippen LogP contribution < -0.4 is 5.73 Å². The van der Waals surface area contributed by atoms with Crippen molar-refractivity contribution in [1.82, 2.24) is 0 Å². The number of benzene rings is 1. The van der Waals surface area contributed by atoms with E-state index in [1.165, 1.54) is 6.07 Å². The molecule has 100 valence electrons. The van der Waals surface area contributed by atoms with Crippen LogP contribution in [0.2, 0.25) is 0 Å². The average molecular weight is 261 g/mol. The molecule has 0 saturated heterocycles. The van der Waals surface area contributed by atoms with Crippen LogP contribution in [0.1, 0.15) is 30.9 Å². The molecule has 1 aliphatic carbocycles. The summed E-state index contributed by atoms with van der Waals surface area (Å²) in [6.45, 7) is 4.32. The molecule has 0 bridgehead atoms. The molecule has 0 aliphatic heterocycles. The zero-order valence-electron chi connectivity index (χ0n) is 10.2. The maximum atomic E-state index is 13.8. The summed E-state index contributed by atoms with van der Waals surface area (Å²) < 4.78 is 51.1. The van der Waals surface area contributed by atoms with Gasteiger partial charge in [0.25, 0.3) is 0 Å². The molecule has 0 amide bonds. The smallest absolute Gasteiger partial charge is 0.330 e. The van der Waals surface area contributed by atoms with Crippen LogP contribution in [0.15, 0.2) is 18.2 Å². The van der Waals surface area contributed by atoms with Crippen LogP contribution in [0.25, 0.3) is 0 Å². The van der Waals surface area contributed by atoms with E-state index in [0.717, 1.165) is 6.07 Å². The van der Waals surface area contributed by atoms with Gasteiger partial charge in [0.15, 0.2) is 0 Å². The van der Waals surface area contributed by atoms with Crippen LogP contribution in [0, 0.1) is 17.2 Å². The molecule has 1 fully saturated rings. The van der Waals surface area contributed by atoms with E-state index < -0.39 is 17.6 Å². The van der Waals surface area contributed by atoms with Gasteiger partial charge in [-0.3, -0.25) is 0 Å². The first-order chi connectivity index (χ1) is 8.19. The van der Waals surface area contributed by atoms with Crippen LogP contribution in [-0.4, -0.2) is 6.54 Å². The fraction of sp³-hybridized carbons (Fsp3) is 0.538. The van der Waals surface area contributed by atoms with E-state index in [9.17, 15) is 17.6 Å². The van der Waals surface area contributed by atoms with Crippen molar-refractivity contribution < 1.29 is 17.6 Å². The van der Waals surface area contributed by atoms with Gasteiger partial charge in [-0.05, 0) is 41.5 Å². The van der Waals surface area contributed by atoms with Gasteiger partial charge in [0.05, 0.1) is 5.56 Å². The molecule has 1 saturated carbocycles. The summed E-state index contributed by atoms with van der Waals surface area (Å²) in [7, 11) is 0. The van der Waals surface area contributed by atoms with Crippen LogP contribution in [0.3, 0.4) is 0 Å². The largest absolute Gasteiger partial charge is 0.416 e. The van der Waals surface area contributed by atoms with Crippen molar-refractivity contribution in [2.45, 2.75) is 25.9 Å². The summed E-state index contributed by atoms with van der Waals surface area (Å²) in [6.07, 6.45) is -4.51. The number of hydrogen-bond donors (Lipinski definition) is 1. The van der Waals surface area contributed by atoms with Crippen LogP contribution >= 0.6 is 0 Å². The van der Waals surface area contributed by atoms with Crippen LogP contribution in [0.5, 0.6) is 0 Å². The van der Waals surface area contributed by atoms with Crippen LogP contribution in [0.4, 0.5) is 17.6 Å². The fourth-order valence-electron chi connectivity index (χ4n) is 2.76. The SMILES string of the molecule is CC1(C)[C@H](CN)[C@H]1c1ccc(C(F)(F)F)cc1F. The van der Waals surface area contributed by atoms with Gasteiger partial charge in [0, 0.05) is 0 Å². The second-order valence-corrected chi connectivity index (χ2v) is 5.38. The van der Waals surface area contributed by atoms with Gasteiger partial charge in [-0.25, -0.2) is 4.39 Å². The monoisotopic (exact) mass is 261 g/mol. The zero-order chi connectivity index (χ0) is 13.7. The van der Waals surface area contributed by atoms with E-state index >= 15 is 0 Å². The lowest BCUT2D eigenvalue weighted by Gasteiger charge is -2.10. The number of nitrogens with two attached hydrogens (primary N) is 1. The first-order valence-corrected chi connectivity index (χ1v) is 5.76. The summed E-state index contributed by atoms with van der Waals surface area (Å²) in [5.41, 5.74) is 4.82. The van der Waals surface area contributed by atoms with E-state index in [1.807, 2.05) is 13.8 Å². The second kappa shape index (κ2) is 3.95. The Morgan fingerprint density at radius 3 is 2.28 bits per heavy atom. The molecule has 1 aliphatic rings.